The van der Waals surface area contributed by atoms with Crippen molar-refractivity contribution in [2.75, 3.05) is 13.7 Å². The highest BCUT2D eigenvalue weighted by atomic mass is 16.8. The molecule has 0 amide bonds. The molecule has 0 bridgehead atoms. The zero-order chi connectivity index (χ0) is 7.56. The van der Waals surface area contributed by atoms with Crippen molar-refractivity contribution in [1.29, 1.82) is 0 Å². The Hall–Kier alpha value is -0.770. The molecule has 0 aromatic heterocycles. The summed E-state index contributed by atoms with van der Waals surface area (Å²) in [5.41, 5.74) is 0. The third-order valence-corrected chi connectivity index (χ3v) is 1.38. The Morgan fingerprint density at radius 3 is 2.70 bits per heavy atom. The molecular formula is C6H10O4. The highest BCUT2D eigenvalue weighted by molar-refractivity contribution is 5.62. The minimum absolute atomic E-state index is 0.188. The average Bonchev–Trinajstić information content (AvgIpc) is 2.13. The highest BCUT2D eigenvalue weighted by Crippen LogP contribution is 2.14. The molecule has 10 heavy (non-hydrogen) atoms. The summed E-state index contributed by atoms with van der Waals surface area (Å²) in [6.45, 7) is 2.17. The van der Waals surface area contributed by atoms with E-state index in [0.717, 1.165) is 0 Å². The third-order valence-electron chi connectivity index (χ3n) is 1.38. The smallest absolute Gasteiger partial charge is 0.427 e. The molecule has 0 aromatic rings. The number of cyclic esters (lactones) is 2. The van der Waals surface area contributed by atoms with E-state index >= 15 is 0 Å². The topological polar surface area (TPSA) is 44.8 Å². The van der Waals surface area contributed by atoms with E-state index in [-0.39, 0.29) is 12.2 Å². The van der Waals surface area contributed by atoms with Crippen molar-refractivity contribution in [3.63, 3.8) is 0 Å². The van der Waals surface area contributed by atoms with Gasteiger partial charge < -0.3 is 14.2 Å². The molecule has 1 heterocycles. The molecule has 2 atom stereocenters. The minimum atomic E-state index is -0.602. The SMILES string of the molecule is COCC1OC(=O)OC1C. The van der Waals surface area contributed by atoms with Crippen LogP contribution in [-0.4, -0.2) is 32.1 Å². The van der Waals surface area contributed by atoms with E-state index in [1.807, 2.05) is 0 Å². The van der Waals surface area contributed by atoms with Gasteiger partial charge in [0.1, 0.15) is 6.10 Å². The van der Waals surface area contributed by atoms with Crippen molar-refractivity contribution in [3.05, 3.63) is 0 Å². The molecule has 1 rings (SSSR count). The van der Waals surface area contributed by atoms with E-state index in [1.165, 1.54) is 0 Å². The first-order chi connectivity index (χ1) is 4.74. The highest BCUT2D eigenvalue weighted by Gasteiger charge is 2.32. The summed E-state index contributed by atoms with van der Waals surface area (Å²) < 4.78 is 14.2. The van der Waals surface area contributed by atoms with Crippen LogP contribution in [0.5, 0.6) is 0 Å². The van der Waals surface area contributed by atoms with Gasteiger partial charge >= 0.3 is 6.16 Å². The summed E-state index contributed by atoms with van der Waals surface area (Å²) in [4.78, 5) is 10.4. The molecule has 0 spiro atoms. The van der Waals surface area contributed by atoms with E-state index < -0.39 is 6.16 Å². The number of hydrogen-bond donors (Lipinski definition) is 0. The summed E-state index contributed by atoms with van der Waals surface area (Å²) in [7, 11) is 1.55. The second kappa shape index (κ2) is 2.88. The first-order valence-corrected chi connectivity index (χ1v) is 3.10. The molecule has 4 nitrogen and oxygen atoms in total. The van der Waals surface area contributed by atoms with Crippen LogP contribution < -0.4 is 0 Å². The van der Waals surface area contributed by atoms with Crippen molar-refractivity contribution in [2.24, 2.45) is 0 Å². The monoisotopic (exact) mass is 146 g/mol. The van der Waals surface area contributed by atoms with Crippen LogP contribution >= 0.6 is 0 Å². The second-order valence-corrected chi connectivity index (χ2v) is 2.18. The van der Waals surface area contributed by atoms with Crippen LogP contribution in [0.4, 0.5) is 4.79 Å². The Balaban J connectivity index is 2.38. The molecule has 0 aromatic carbocycles. The third kappa shape index (κ3) is 1.39. The lowest BCUT2D eigenvalue weighted by atomic mass is 10.2. The minimum Gasteiger partial charge on any atom is -0.427 e. The van der Waals surface area contributed by atoms with Gasteiger partial charge in [-0.25, -0.2) is 4.79 Å². The van der Waals surface area contributed by atoms with Crippen molar-refractivity contribution < 1.29 is 19.0 Å². The Bertz CT molecular complexity index is 134. The van der Waals surface area contributed by atoms with Crippen molar-refractivity contribution in [2.45, 2.75) is 19.1 Å². The molecule has 0 radical (unpaired) electrons. The van der Waals surface area contributed by atoms with Crippen molar-refractivity contribution >= 4 is 6.16 Å². The van der Waals surface area contributed by atoms with Gasteiger partial charge in [0.15, 0.2) is 6.10 Å². The quantitative estimate of drug-likeness (QED) is 0.534. The van der Waals surface area contributed by atoms with Crippen molar-refractivity contribution in [1.82, 2.24) is 0 Å². The van der Waals surface area contributed by atoms with Gasteiger partial charge in [-0.1, -0.05) is 0 Å². The maximum atomic E-state index is 10.4. The fourth-order valence-electron chi connectivity index (χ4n) is 0.809. The van der Waals surface area contributed by atoms with E-state index in [1.54, 1.807) is 14.0 Å². The lowest BCUT2D eigenvalue weighted by Crippen LogP contribution is -2.24. The Labute approximate surface area is 59.1 Å². The normalized spacial score (nSPS) is 31.6. The molecule has 0 N–H and O–H groups in total. The first-order valence-electron chi connectivity index (χ1n) is 3.10. The Morgan fingerprint density at radius 1 is 1.60 bits per heavy atom. The molecule has 58 valence electrons. The van der Waals surface area contributed by atoms with Gasteiger partial charge in [-0.2, -0.15) is 0 Å². The number of carbonyl (C=O) groups excluding carboxylic acids is 1. The number of carbonyl (C=O) groups is 1. The van der Waals surface area contributed by atoms with E-state index in [0.29, 0.717) is 6.61 Å². The van der Waals surface area contributed by atoms with Crippen LogP contribution in [0.15, 0.2) is 0 Å². The van der Waals surface area contributed by atoms with Gasteiger partial charge in [0.25, 0.3) is 0 Å². The zero-order valence-electron chi connectivity index (χ0n) is 5.99. The van der Waals surface area contributed by atoms with Crippen LogP contribution in [0.25, 0.3) is 0 Å². The first kappa shape index (κ1) is 7.34. The standard InChI is InChI=1S/C6H10O4/c1-4-5(3-8-2)10-6(7)9-4/h4-5H,3H2,1-2H3. The lowest BCUT2D eigenvalue weighted by molar-refractivity contribution is 0.0598. The van der Waals surface area contributed by atoms with Gasteiger partial charge in [0.2, 0.25) is 0 Å². The number of methoxy groups -OCH3 is 1. The predicted octanol–water partition coefficient (Wildman–Crippen LogP) is 0.557. The van der Waals surface area contributed by atoms with Gasteiger partial charge in [0, 0.05) is 7.11 Å². The Morgan fingerprint density at radius 2 is 2.30 bits per heavy atom. The van der Waals surface area contributed by atoms with Crippen LogP contribution in [0.1, 0.15) is 6.92 Å². The molecule has 0 aliphatic carbocycles. The number of ether oxygens (including phenoxy) is 3. The van der Waals surface area contributed by atoms with E-state index in [2.05, 4.69) is 4.74 Å². The van der Waals surface area contributed by atoms with E-state index in [4.69, 9.17) is 9.47 Å². The molecule has 1 aliphatic heterocycles. The maximum absolute atomic E-state index is 10.4. The van der Waals surface area contributed by atoms with Gasteiger partial charge in [0.05, 0.1) is 6.61 Å². The molecule has 0 saturated carbocycles. The largest absolute Gasteiger partial charge is 0.509 e. The summed E-state index contributed by atoms with van der Waals surface area (Å²) in [6, 6.07) is 0. The second-order valence-electron chi connectivity index (χ2n) is 2.18. The summed E-state index contributed by atoms with van der Waals surface area (Å²) in [6.07, 6.45) is -1.03. The summed E-state index contributed by atoms with van der Waals surface area (Å²) >= 11 is 0. The van der Waals surface area contributed by atoms with Crippen LogP contribution in [-0.2, 0) is 14.2 Å². The molecule has 1 saturated heterocycles. The van der Waals surface area contributed by atoms with Crippen LogP contribution in [0, 0.1) is 0 Å². The fourth-order valence-corrected chi connectivity index (χ4v) is 0.809. The summed E-state index contributed by atoms with van der Waals surface area (Å²) in [5.74, 6) is 0. The maximum Gasteiger partial charge on any atom is 0.509 e. The molecule has 1 fully saturated rings. The average molecular weight is 146 g/mol. The molecule has 2 unspecified atom stereocenters. The van der Waals surface area contributed by atoms with E-state index in [9.17, 15) is 4.79 Å². The molecule has 1 aliphatic rings. The van der Waals surface area contributed by atoms with Crippen LogP contribution in [0.3, 0.4) is 0 Å². The number of hydrogen-bond acceptors (Lipinski definition) is 4. The van der Waals surface area contributed by atoms with Gasteiger partial charge in [-0.3, -0.25) is 0 Å². The Kier molecular flexibility index (Phi) is 2.11. The molecule has 4 heteroatoms. The van der Waals surface area contributed by atoms with Crippen molar-refractivity contribution in [3.8, 4) is 0 Å². The summed E-state index contributed by atoms with van der Waals surface area (Å²) in [5, 5.41) is 0. The lowest BCUT2D eigenvalue weighted by Gasteiger charge is -2.08. The fraction of sp³-hybridized carbons (Fsp3) is 0.833. The number of rotatable bonds is 2. The van der Waals surface area contributed by atoms with Gasteiger partial charge in [-0.05, 0) is 6.92 Å². The predicted molar refractivity (Wildman–Crippen MR) is 32.7 cm³/mol. The zero-order valence-corrected chi connectivity index (χ0v) is 5.99. The molecular weight excluding hydrogens is 136 g/mol. The van der Waals surface area contributed by atoms with Gasteiger partial charge in [-0.15, -0.1) is 0 Å². The van der Waals surface area contributed by atoms with Crippen LogP contribution in [0.2, 0.25) is 0 Å².